The molecular weight excluding hydrogens is 655 g/mol. The number of halogens is 4. The number of amides is 1. The SMILES string of the molecule is Cc1csc(CNC(=O)Cc2cccc(OCCCN(Cc3cccc(C(F)(F)F)c3Cl)C(C)(c3ccccc3)c3ccccc3)c2)n1. The van der Waals surface area contributed by atoms with Crippen molar-refractivity contribution in [2.45, 2.75) is 51.5 Å². The summed E-state index contributed by atoms with van der Waals surface area (Å²) in [5, 5.41) is 5.43. The van der Waals surface area contributed by atoms with Gasteiger partial charge < -0.3 is 10.1 Å². The molecule has 1 heterocycles. The number of benzene rings is 4. The van der Waals surface area contributed by atoms with Crippen LogP contribution in [0.1, 0.15) is 51.9 Å². The Labute approximate surface area is 288 Å². The molecule has 5 nitrogen and oxygen atoms in total. The first-order valence-corrected chi connectivity index (χ1v) is 16.9. The normalized spacial score (nSPS) is 11.9. The monoisotopic (exact) mass is 691 g/mol. The number of ether oxygens (including phenoxy) is 1. The van der Waals surface area contributed by atoms with Gasteiger partial charge in [-0.2, -0.15) is 13.2 Å². The highest BCUT2D eigenvalue weighted by atomic mass is 35.5. The van der Waals surface area contributed by atoms with E-state index in [1.165, 1.54) is 17.4 Å². The van der Waals surface area contributed by atoms with Gasteiger partial charge in [-0.1, -0.05) is 96.5 Å². The van der Waals surface area contributed by atoms with E-state index in [0.29, 0.717) is 37.4 Å². The van der Waals surface area contributed by atoms with E-state index in [2.05, 4.69) is 22.1 Å². The Kier molecular flexibility index (Phi) is 11.6. The number of aromatic nitrogens is 1. The Bertz CT molecular complexity index is 1760. The van der Waals surface area contributed by atoms with Crippen LogP contribution in [0.5, 0.6) is 5.75 Å². The molecule has 0 fully saturated rings. The maximum Gasteiger partial charge on any atom is 0.417 e. The summed E-state index contributed by atoms with van der Waals surface area (Å²) in [5.74, 6) is 0.530. The van der Waals surface area contributed by atoms with Crippen molar-refractivity contribution in [3.05, 3.63) is 152 Å². The van der Waals surface area contributed by atoms with E-state index in [-0.39, 0.29) is 23.9 Å². The molecule has 1 N–H and O–H groups in total. The Morgan fingerprint density at radius 1 is 0.938 bits per heavy atom. The summed E-state index contributed by atoms with van der Waals surface area (Å²) < 4.78 is 47.6. The molecule has 0 aliphatic rings. The van der Waals surface area contributed by atoms with Crippen molar-refractivity contribution >= 4 is 28.8 Å². The molecule has 0 saturated carbocycles. The molecule has 48 heavy (non-hydrogen) atoms. The molecule has 1 aromatic heterocycles. The molecule has 0 radical (unpaired) electrons. The van der Waals surface area contributed by atoms with Gasteiger partial charge in [0.2, 0.25) is 5.91 Å². The predicted octanol–water partition coefficient (Wildman–Crippen LogP) is 9.22. The third-order valence-corrected chi connectivity index (χ3v) is 9.67. The summed E-state index contributed by atoms with van der Waals surface area (Å²) in [5.41, 5.74) is 2.58. The Hall–Kier alpha value is -4.18. The molecule has 5 aromatic rings. The zero-order chi connectivity index (χ0) is 34.1. The summed E-state index contributed by atoms with van der Waals surface area (Å²) in [6.07, 6.45) is -3.78. The van der Waals surface area contributed by atoms with Gasteiger partial charge in [-0.15, -0.1) is 11.3 Å². The van der Waals surface area contributed by atoms with Crippen molar-refractivity contribution in [1.82, 2.24) is 15.2 Å². The first kappa shape index (κ1) is 35.1. The highest BCUT2D eigenvalue weighted by molar-refractivity contribution is 7.09. The molecule has 250 valence electrons. The zero-order valence-corrected chi connectivity index (χ0v) is 28.3. The minimum absolute atomic E-state index is 0.106. The van der Waals surface area contributed by atoms with E-state index in [9.17, 15) is 18.0 Å². The van der Waals surface area contributed by atoms with Crippen LogP contribution in [0.4, 0.5) is 13.2 Å². The molecular formula is C38H37ClF3N3O2S. The van der Waals surface area contributed by atoms with Crippen molar-refractivity contribution in [3.8, 4) is 5.75 Å². The number of carbonyl (C=O) groups excluding carboxylic acids is 1. The van der Waals surface area contributed by atoms with Gasteiger partial charge in [-0.25, -0.2) is 4.98 Å². The number of nitrogens with zero attached hydrogens (tertiary/aromatic N) is 2. The van der Waals surface area contributed by atoms with Gasteiger partial charge in [0.25, 0.3) is 0 Å². The van der Waals surface area contributed by atoms with Gasteiger partial charge in [-0.3, -0.25) is 9.69 Å². The molecule has 0 saturated heterocycles. The Morgan fingerprint density at radius 3 is 2.23 bits per heavy atom. The van der Waals surface area contributed by atoms with Gasteiger partial charge in [0.1, 0.15) is 10.8 Å². The molecule has 4 aromatic carbocycles. The molecule has 0 bridgehead atoms. The lowest BCUT2D eigenvalue weighted by atomic mass is 9.82. The van der Waals surface area contributed by atoms with E-state index < -0.39 is 17.3 Å². The largest absolute Gasteiger partial charge is 0.494 e. The Balaban J connectivity index is 1.32. The molecule has 0 aliphatic carbocycles. The number of hydrogen-bond acceptors (Lipinski definition) is 5. The summed E-state index contributed by atoms with van der Waals surface area (Å²) in [6.45, 7) is 5.41. The first-order valence-electron chi connectivity index (χ1n) is 15.6. The minimum atomic E-state index is -4.57. The van der Waals surface area contributed by atoms with Crippen LogP contribution in [0.25, 0.3) is 0 Å². The predicted molar refractivity (Wildman–Crippen MR) is 185 cm³/mol. The second-order valence-electron chi connectivity index (χ2n) is 11.7. The quantitative estimate of drug-likeness (QED) is 0.118. The van der Waals surface area contributed by atoms with Crippen LogP contribution in [0.3, 0.4) is 0 Å². The molecule has 0 unspecified atom stereocenters. The highest BCUT2D eigenvalue weighted by Crippen LogP contribution is 2.40. The van der Waals surface area contributed by atoms with Crippen LogP contribution in [0.15, 0.2) is 109 Å². The number of carbonyl (C=O) groups is 1. The lowest BCUT2D eigenvalue weighted by molar-refractivity contribution is -0.137. The number of alkyl halides is 3. The summed E-state index contributed by atoms with van der Waals surface area (Å²) in [7, 11) is 0. The van der Waals surface area contributed by atoms with Crippen LogP contribution in [-0.4, -0.2) is 28.9 Å². The fraction of sp³-hybridized carbons (Fsp3) is 0.263. The molecule has 0 atom stereocenters. The van der Waals surface area contributed by atoms with Crippen LogP contribution in [0, 0.1) is 6.92 Å². The number of nitrogens with one attached hydrogen (secondary N) is 1. The van der Waals surface area contributed by atoms with Crippen molar-refractivity contribution < 1.29 is 22.7 Å². The van der Waals surface area contributed by atoms with Gasteiger partial charge >= 0.3 is 6.18 Å². The maximum atomic E-state index is 13.8. The summed E-state index contributed by atoms with van der Waals surface area (Å²) in [6, 6.07) is 31.3. The average Bonchev–Trinajstić information content (AvgIpc) is 3.51. The van der Waals surface area contributed by atoms with Crippen molar-refractivity contribution in [2.75, 3.05) is 13.2 Å². The third kappa shape index (κ3) is 8.83. The number of hydrogen-bond donors (Lipinski definition) is 1. The van der Waals surface area contributed by atoms with E-state index in [1.54, 1.807) is 6.07 Å². The summed E-state index contributed by atoms with van der Waals surface area (Å²) in [4.78, 5) is 19.1. The lowest BCUT2D eigenvalue weighted by Gasteiger charge is -2.43. The van der Waals surface area contributed by atoms with Crippen LogP contribution in [0.2, 0.25) is 5.02 Å². The molecule has 1 amide bonds. The van der Waals surface area contributed by atoms with Gasteiger partial charge in [0, 0.05) is 24.2 Å². The maximum absolute atomic E-state index is 13.8. The zero-order valence-electron chi connectivity index (χ0n) is 26.8. The second-order valence-corrected chi connectivity index (χ2v) is 13.0. The van der Waals surface area contributed by atoms with Crippen molar-refractivity contribution in [1.29, 1.82) is 0 Å². The van der Waals surface area contributed by atoms with Crippen molar-refractivity contribution in [3.63, 3.8) is 0 Å². The van der Waals surface area contributed by atoms with Gasteiger partial charge in [0.15, 0.2) is 0 Å². The highest BCUT2D eigenvalue weighted by Gasteiger charge is 2.38. The smallest absolute Gasteiger partial charge is 0.417 e. The van der Waals surface area contributed by atoms with E-state index in [0.717, 1.165) is 33.5 Å². The second kappa shape index (κ2) is 15.8. The third-order valence-electron chi connectivity index (χ3n) is 8.26. The van der Waals surface area contributed by atoms with E-state index in [4.69, 9.17) is 16.3 Å². The fourth-order valence-corrected chi connectivity index (χ4v) is 6.75. The van der Waals surface area contributed by atoms with E-state index >= 15 is 0 Å². The fourth-order valence-electron chi connectivity index (χ4n) is 5.74. The number of thiazole rings is 1. The molecule has 5 rings (SSSR count). The van der Waals surface area contributed by atoms with E-state index in [1.807, 2.05) is 97.2 Å². The van der Waals surface area contributed by atoms with Crippen LogP contribution < -0.4 is 10.1 Å². The Morgan fingerprint density at radius 2 is 1.60 bits per heavy atom. The number of rotatable bonds is 14. The minimum Gasteiger partial charge on any atom is -0.494 e. The van der Waals surface area contributed by atoms with Crippen LogP contribution in [-0.2, 0) is 36.0 Å². The number of aryl methyl sites for hydroxylation is 1. The van der Waals surface area contributed by atoms with Crippen LogP contribution >= 0.6 is 22.9 Å². The standard InChI is InChI=1S/C38H37ClF3N3O2S/c1-27-26-48-35(44-27)24-43-34(46)23-28-12-9-18-32(22-28)47-21-11-20-45(25-29-13-10-19-33(36(29)39)38(40,41)42)37(2,30-14-5-3-6-15-30)31-16-7-4-8-17-31/h3-10,12-19,22,26H,11,20-21,23-25H2,1-2H3,(H,43,46). The molecule has 0 aliphatic heterocycles. The summed E-state index contributed by atoms with van der Waals surface area (Å²) >= 11 is 7.93. The molecule has 10 heteroatoms. The lowest BCUT2D eigenvalue weighted by Crippen LogP contribution is -2.45. The topological polar surface area (TPSA) is 54.5 Å². The van der Waals surface area contributed by atoms with Gasteiger partial charge in [-0.05, 0) is 60.7 Å². The first-order chi connectivity index (χ1) is 23.0. The molecule has 0 spiro atoms. The van der Waals surface area contributed by atoms with Crippen molar-refractivity contribution in [2.24, 2.45) is 0 Å². The average molecular weight is 692 g/mol. The van der Waals surface area contributed by atoms with Gasteiger partial charge in [0.05, 0.1) is 35.7 Å².